The van der Waals surface area contributed by atoms with E-state index in [4.69, 9.17) is 23.2 Å². The molecule has 47 heavy (non-hydrogen) atoms. The van der Waals surface area contributed by atoms with Gasteiger partial charge in [0, 0.05) is 29.6 Å². The molecule has 0 saturated heterocycles. The van der Waals surface area contributed by atoms with Gasteiger partial charge < -0.3 is 10.2 Å². The molecule has 0 aliphatic carbocycles. The zero-order valence-electron chi connectivity index (χ0n) is 27.3. The van der Waals surface area contributed by atoms with E-state index in [9.17, 15) is 18.0 Å². The van der Waals surface area contributed by atoms with Gasteiger partial charge >= 0.3 is 0 Å². The summed E-state index contributed by atoms with van der Waals surface area (Å²) in [6.45, 7) is 9.33. The Kier molecular flexibility index (Phi) is 12.1. The quantitative estimate of drug-likeness (QED) is 0.157. The molecule has 0 fully saturated rings. The molecular weight excluding hydrogens is 653 g/mol. The van der Waals surface area contributed by atoms with E-state index in [-0.39, 0.29) is 29.7 Å². The Labute approximate surface area is 288 Å². The van der Waals surface area contributed by atoms with Crippen LogP contribution in [0.25, 0.3) is 0 Å². The van der Waals surface area contributed by atoms with E-state index in [1.165, 1.54) is 17.0 Å². The molecule has 0 heterocycles. The molecule has 0 aliphatic heterocycles. The van der Waals surface area contributed by atoms with Crippen LogP contribution in [0, 0.1) is 26.7 Å². The molecule has 4 rings (SSSR count). The number of carbonyl (C=O) groups excluding carboxylic acids is 2. The summed E-state index contributed by atoms with van der Waals surface area (Å²) in [4.78, 5) is 30.1. The minimum Gasteiger partial charge on any atom is -0.354 e. The zero-order chi connectivity index (χ0) is 34.3. The van der Waals surface area contributed by atoms with E-state index in [0.29, 0.717) is 33.4 Å². The van der Waals surface area contributed by atoms with Crippen LogP contribution in [0.1, 0.15) is 41.7 Å². The number of benzene rings is 4. The van der Waals surface area contributed by atoms with Crippen molar-refractivity contribution in [1.29, 1.82) is 0 Å². The largest absolute Gasteiger partial charge is 0.354 e. The van der Waals surface area contributed by atoms with Gasteiger partial charge in [-0.15, -0.1) is 0 Å². The molecule has 0 unspecified atom stereocenters. The van der Waals surface area contributed by atoms with E-state index in [0.717, 1.165) is 21.0 Å². The molecule has 0 aliphatic rings. The van der Waals surface area contributed by atoms with Gasteiger partial charge in [0.1, 0.15) is 12.6 Å². The Balaban J connectivity index is 1.85. The third-order valence-corrected chi connectivity index (χ3v) is 10.2. The van der Waals surface area contributed by atoms with Crippen LogP contribution < -0.4 is 9.62 Å². The normalized spacial score (nSPS) is 12.1. The molecule has 7 nitrogen and oxygen atoms in total. The maximum Gasteiger partial charge on any atom is 0.264 e. The first-order valence-corrected chi connectivity index (χ1v) is 17.7. The molecule has 1 atom stereocenters. The Morgan fingerprint density at radius 1 is 0.830 bits per heavy atom. The second-order valence-corrected chi connectivity index (χ2v) is 14.9. The summed E-state index contributed by atoms with van der Waals surface area (Å²) in [5, 5.41) is 3.75. The molecular formula is C37H41Cl2N3O4S. The van der Waals surface area contributed by atoms with E-state index in [2.05, 4.69) is 5.32 Å². The van der Waals surface area contributed by atoms with Crippen LogP contribution in [0.4, 0.5) is 5.69 Å². The second kappa shape index (κ2) is 15.8. The molecule has 0 radical (unpaired) electrons. The predicted octanol–water partition coefficient (Wildman–Crippen LogP) is 7.53. The lowest BCUT2D eigenvalue weighted by Gasteiger charge is -2.34. The number of nitrogens with one attached hydrogen (secondary N) is 1. The number of aryl methyl sites for hydroxylation is 3. The number of nitrogens with zero attached hydrogens (tertiary/aromatic N) is 2. The van der Waals surface area contributed by atoms with Crippen molar-refractivity contribution in [3.05, 3.63) is 129 Å². The van der Waals surface area contributed by atoms with Gasteiger partial charge in [0.05, 0.1) is 10.6 Å². The highest BCUT2D eigenvalue weighted by molar-refractivity contribution is 7.92. The van der Waals surface area contributed by atoms with Crippen LogP contribution in [0.2, 0.25) is 10.0 Å². The lowest BCUT2D eigenvalue weighted by Crippen LogP contribution is -2.53. The molecule has 2 amide bonds. The minimum absolute atomic E-state index is 0.0490. The molecule has 10 heteroatoms. The Bertz CT molecular complexity index is 1810. The van der Waals surface area contributed by atoms with Crippen molar-refractivity contribution in [2.45, 2.75) is 58.5 Å². The van der Waals surface area contributed by atoms with Crippen molar-refractivity contribution in [3.8, 4) is 0 Å². The van der Waals surface area contributed by atoms with Gasteiger partial charge in [-0.3, -0.25) is 13.9 Å². The molecule has 1 N–H and O–H groups in total. The summed E-state index contributed by atoms with van der Waals surface area (Å²) >= 11 is 12.8. The van der Waals surface area contributed by atoms with Crippen molar-refractivity contribution >= 4 is 50.7 Å². The van der Waals surface area contributed by atoms with E-state index in [1.807, 2.05) is 70.2 Å². The van der Waals surface area contributed by atoms with Crippen LogP contribution >= 0.6 is 23.2 Å². The summed E-state index contributed by atoms with van der Waals surface area (Å²) < 4.78 is 29.8. The van der Waals surface area contributed by atoms with Crippen molar-refractivity contribution in [2.24, 2.45) is 5.92 Å². The molecule has 0 bridgehead atoms. The Morgan fingerprint density at radius 2 is 1.49 bits per heavy atom. The summed E-state index contributed by atoms with van der Waals surface area (Å²) in [5.74, 6) is -0.737. The van der Waals surface area contributed by atoms with Crippen molar-refractivity contribution in [1.82, 2.24) is 10.2 Å². The van der Waals surface area contributed by atoms with Crippen LogP contribution in [0.5, 0.6) is 0 Å². The number of carbonyl (C=O) groups is 2. The van der Waals surface area contributed by atoms with E-state index < -0.39 is 28.5 Å². The van der Waals surface area contributed by atoms with Gasteiger partial charge in [0.25, 0.3) is 10.0 Å². The van der Waals surface area contributed by atoms with E-state index in [1.54, 1.807) is 43.3 Å². The van der Waals surface area contributed by atoms with E-state index >= 15 is 0 Å². The molecule has 4 aromatic rings. The maximum absolute atomic E-state index is 14.7. The van der Waals surface area contributed by atoms with Crippen LogP contribution in [0.15, 0.2) is 95.9 Å². The van der Waals surface area contributed by atoms with Gasteiger partial charge in [0.2, 0.25) is 11.8 Å². The fraction of sp³-hybridized carbons (Fsp3) is 0.297. The summed E-state index contributed by atoms with van der Waals surface area (Å²) in [6, 6.07) is 25.4. The monoisotopic (exact) mass is 693 g/mol. The lowest BCUT2D eigenvalue weighted by molar-refractivity contribution is -0.140. The highest BCUT2D eigenvalue weighted by atomic mass is 35.5. The average molecular weight is 695 g/mol. The Morgan fingerprint density at radius 3 is 2.13 bits per heavy atom. The average Bonchev–Trinajstić information content (AvgIpc) is 3.03. The number of hydrogen-bond donors (Lipinski definition) is 1. The highest BCUT2D eigenvalue weighted by Gasteiger charge is 2.35. The molecule has 0 aromatic heterocycles. The first-order chi connectivity index (χ1) is 22.3. The predicted molar refractivity (Wildman–Crippen MR) is 190 cm³/mol. The first-order valence-electron chi connectivity index (χ1n) is 15.5. The lowest BCUT2D eigenvalue weighted by atomic mass is 10.0. The summed E-state index contributed by atoms with van der Waals surface area (Å²) in [7, 11) is -4.21. The van der Waals surface area contributed by atoms with Gasteiger partial charge in [-0.25, -0.2) is 8.42 Å². The minimum atomic E-state index is -4.21. The number of hydrogen-bond acceptors (Lipinski definition) is 4. The van der Waals surface area contributed by atoms with Crippen LogP contribution in [-0.4, -0.2) is 44.3 Å². The molecule has 4 aromatic carbocycles. The molecule has 0 spiro atoms. The molecule has 0 saturated carbocycles. The smallest absolute Gasteiger partial charge is 0.264 e. The zero-order valence-corrected chi connectivity index (χ0v) is 29.7. The SMILES string of the molecule is Cc1ccc(S(=O)(=O)N(CC(=O)N(Cc2ccc(Cl)cc2Cl)[C@@H](Cc2ccccc2)C(=O)NCC(C)C)c2cc(C)ccc2C)cc1. The number of anilines is 1. The second-order valence-electron chi connectivity index (χ2n) is 12.2. The number of halogens is 2. The third kappa shape index (κ3) is 9.37. The highest BCUT2D eigenvalue weighted by Crippen LogP contribution is 2.30. The Hall–Kier alpha value is -3.85. The van der Waals surface area contributed by atoms with Crippen molar-refractivity contribution in [3.63, 3.8) is 0 Å². The van der Waals surface area contributed by atoms with Gasteiger partial charge in [-0.1, -0.05) is 103 Å². The number of amides is 2. The maximum atomic E-state index is 14.7. The fourth-order valence-electron chi connectivity index (χ4n) is 5.15. The van der Waals surface area contributed by atoms with Gasteiger partial charge in [-0.05, 0) is 79.3 Å². The van der Waals surface area contributed by atoms with Crippen molar-refractivity contribution < 1.29 is 18.0 Å². The summed E-state index contributed by atoms with van der Waals surface area (Å²) in [5.41, 5.74) is 4.21. The van der Waals surface area contributed by atoms with Gasteiger partial charge in [-0.2, -0.15) is 0 Å². The third-order valence-electron chi connectivity index (χ3n) is 7.83. The fourth-order valence-corrected chi connectivity index (χ4v) is 7.09. The summed E-state index contributed by atoms with van der Waals surface area (Å²) in [6.07, 6.45) is 0.204. The first kappa shape index (κ1) is 36.0. The van der Waals surface area contributed by atoms with Crippen LogP contribution in [0.3, 0.4) is 0 Å². The standard InChI is InChI=1S/C37H41Cl2N3O4S/c1-25(2)22-40-37(44)35(20-29-9-7-6-8-10-29)41(23-30-15-16-31(38)21-33(30)39)36(43)24-42(34-19-27(4)11-14-28(34)5)47(45,46)32-17-12-26(3)13-18-32/h6-19,21,25,35H,20,22-24H2,1-5H3,(H,40,44)/t35-/m0/s1. The van der Waals surface area contributed by atoms with Gasteiger partial charge in [0.15, 0.2) is 0 Å². The van der Waals surface area contributed by atoms with Crippen LogP contribution in [-0.2, 0) is 32.6 Å². The number of sulfonamides is 1. The topological polar surface area (TPSA) is 86.8 Å². The molecule has 248 valence electrons. The van der Waals surface area contributed by atoms with Crippen molar-refractivity contribution in [2.75, 3.05) is 17.4 Å². The number of rotatable bonds is 13.